The van der Waals surface area contributed by atoms with Gasteiger partial charge in [-0.25, -0.2) is 14.4 Å². The number of carboxylic acid groups (broad SMARTS) is 1. The number of carbonyl (C=O) groups is 5. The number of hydrogen-bond acceptors (Lipinski definition) is 10. The van der Waals surface area contributed by atoms with Gasteiger partial charge in [-0.15, -0.1) is 11.8 Å². The smallest absolute Gasteiger partial charge is 0.410 e. The molecule has 3 N–H and O–H groups in total. The molecule has 5 amide bonds. The molecule has 3 saturated heterocycles. The predicted octanol–water partition coefficient (Wildman–Crippen LogP) is 1.11. The van der Waals surface area contributed by atoms with Gasteiger partial charge in [0.25, 0.3) is 5.69 Å². The summed E-state index contributed by atoms with van der Waals surface area (Å²) in [7, 11) is 0. The molecule has 42 heavy (non-hydrogen) atoms. The molecule has 6 atom stereocenters. The van der Waals surface area contributed by atoms with E-state index in [1.54, 1.807) is 6.92 Å². The second-order valence-electron chi connectivity index (χ2n) is 10.7. The van der Waals surface area contributed by atoms with Crippen LogP contribution >= 0.6 is 11.8 Å². The van der Waals surface area contributed by atoms with Crippen LogP contribution in [-0.2, 0) is 25.7 Å². The Balaban J connectivity index is 1.33. The lowest BCUT2D eigenvalue weighted by Gasteiger charge is -2.46. The van der Waals surface area contributed by atoms with E-state index in [1.165, 1.54) is 52.8 Å². The number of thioether (sulfide) groups is 1. The molecule has 4 heterocycles. The lowest BCUT2D eigenvalue weighted by molar-refractivity contribution is -0.384. The normalized spacial score (nSPS) is 27.6. The Bertz CT molecular complexity index is 1370. The molecule has 0 bridgehead atoms. The van der Waals surface area contributed by atoms with E-state index in [1.807, 2.05) is 0 Å². The summed E-state index contributed by atoms with van der Waals surface area (Å²) in [5.74, 6) is -3.24. The third-order valence-electron chi connectivity index (χ3n) is 8.06. The maximum absolute atomic E-state index is 13.2. The number of ether oxygens (including phenoxy) is 1. The number of aliphatic hydroxyl groups is 1. The first-order valence-electron chi connectivity index (χ1n) is 13.3. The van der Waals surface area contributed by atoms with E-state index >= 15 is 0 Å². The van der Waals surface area contributed by atoms with Crippen LogP contribution in [0.1, 0.15) is 25.8 Å². The minimum absolute atomic E-state index is 0.0912. The molecule has 1 aromatic rings. The molecule has 224 valence electrons. The van der Waals surface area contributed by atoms with E-state index in [2.05, 4.69) is 5.32 Å². The molecule has 0 unspecified atom stereocenters. The molecule has 3 fully saturated rings. The second-order valence-corrected chi connectivity index (χ2v) is 12.0. The Kier molecular flexibility index (Phi) is 7.85. The number of nitro benzene ring substituents is 1. The van der Waals surface area contributed by atoms with Crippen molar-refractivity contribution < 1.29 is 43.8 Å². The number of nitrogens with one attached hydrogen (secondary N) is 1. The number of non-ortho nitro benzene ring substituents is 1. The standard InChI is InChI=1S/C26H29N5O10S/c1-12-20-19(13(2)32)23(34)30(20)21(24(35)36)22(12)42-17-7-16(9-29-18(33)8-27-25(29)37)28(10-17)26(38)41-11-14-3-5-15(6-4-14)31(39)40/h3-6,12-13,16-17,19-20,32H,7-11H2,1-2H3,(H,27,37)(H,35,36)/t12-,13-,16+,17+,19-,20-/m1/s1. The fourth-order valence-electron chi connectivity index (χ4n) is 6.01. The predicted molar refractivity (Wildman–Crippen MR) is 145 cm³/mol. The Morgan fingerprint density at radius 1 is 1.24 bits per heavy atom. The van der Waals surface area contributed by atoms with Crippen LogP contribution in [0.25, 0.3) is 0 Å². The van der Waals surface area contributed by atoms with Crippen molar-refractivity contribution in [2.45, 2.75) is 50.3 Å². The number of imide groups is 1. The highest BCUT2D eigenvalue weighted by molar-refractivity contribution is 8.03. The van der Waals surface area contributed by atoms with Crippen molar-refractivity contribution in [3.8, 4) is 0 Å². The summed E-state index contributed by atoms with van der Waals surface area (Å²) in [4.78, 5) is 77.1. The third kappa shape index (κ3) is 5.15. The number of benzene rings is 1. The number of carbonyl (C=O) groups excluding carboxylic acids is 4. The van der Waals surface area contributed by atoms with Crippen molar-refractivity contribution in [2.24, 2.45) is 11.8 Å². The number of nitro groups is 1. The summed E-state index contributed by atoms with van der Waals surface area (Å²) in [6.45, 7) is 2.98. The summed E-state index contributed by atoms with van der Waals surface area (Å²) >= 11 is 1.23. The largest absolute Gasteiger partial charge is 0.477 e. The molecule has 15 nitrogen and oxygen atoms in total. The molecule has 0 spiro atoms. The van der Waals surface area contributed by atoms with Gasteiger partial charge in [0.1, 0.15) is 12.3 Å². The summed E-state index contributed by atoms with van der Waals surface area (Å²) in [5, 5.41) is 33.1. The number of nitrogens with zero attached hydrogens (tertiary/aromatic N) is 4. The Morgan fingerprint density at radius 2 is 1.93 bits per heavy atom. The zero-order valence-corrected chi connectivity index (χ0v) is 23.5. The quantitative estimate of drug-likeness (QED) is 0.158. The van der Waals surface area contributed by atoms with E-state index in [4.69, 9.17) is 4.74 Å². The van der Waals surface area contributed by atoms with Crippen LogP contribution in [0.2, 0.25) is 0 Å². The monoisotopic (exact) mass is 603 g/mol. The van der Waals surface area contributed by atoms with Crippen molar-refractivity contribution in [3.05, 3.63) is 50.5 Å². The number of fused-ring (bicyclic) bond motifs is 1. The number of likely N-dealkylation sites (tertiary alicyclic amines) is 1. The van der Waals surface area contributed by atoms with Crippen LogP contribution in [0.15, 0.2) is 34.9 Å². The van der Waals surface area contributed by atoms with Crippen LogP contribution in [0.4, 0.5) is 15.3 Å². The Hall–Kier alpha value is -4.18. The molecular formula is C26H29N5O10S. The van der Waals surface area contributed by atoms with Crippen LogP contribution in [-0.4, -0.2) is 103 Å². The third-order valence-corrected chi connectivity index (χ3v) is 9.55. The van der Waals surface area contributed by atoms with Crippen LogP contribution in [0.3, 0.4) is 0 Å². The first-order chi connectivity index (χ1) is 19.9. The Labute approximate surface area is 243 Å². The average Bonchev–Trinajstić information content (AvgIpc) is 3.56. The number of urea groups is 1. The first-order valence-corrected chi connectivity index (χ1v) is 14.2. The lowest BCUT2D eigenvalue weighted by Crippen LogP contribution is -2.63. The van der Waals surface area contributed by atoms with Gasteiger partial charge in [-0.2, -0.15) is 0 Å². The molecular weight excluding hydrogens is 574 g/mol. The maximum Gasteiger partial charge on any atom is 0.410 e. The van der Waals surface area contributed by atoms with Gasteiger partial charge in [0.05, 0.1) is 42.1 Å². The van der Waals surface area contributed by atoms with E-state index < -0.39 is 58.9 Å². The highest BCUT2D eigenvalue weighted by Gasteiger charge is 2.60. The molecule has 0 aliphatic carbocycles. The summed E-state index contributed by atoms with van der Waals surface area (Å²) in [6.07, 6.45) is -1.37. The number of rotatable bonds is 9. The number of hydrogen-bond donors (Lipinski definition) is 3. The van der Waals surface area contributed by atoms with Gasteiger partial charge in [0.2, 0.25) is 11.8 Å². The van der Waals surface area contributed by atoms with Gasteiger partial charge in [-0.05, 0) is 31.0 Å². The topological polar surface area (TPSA) is 200 Å². The van der Waals surface area contributed by atoms with Crippen LogP contribution < -0.4 is 5.32 Å². The van der Waals surface area contributed by atoms with Crippen molar-refractivity contribution in [1.82, 2.24) is 20.0 Å². The van der Waals surface area contributed by atoms with Gasteiger partial charge in [0.15, 0.2) is 0 Å². The molecule has 4 aliphatic rings. The molecule has 0 aromatic heterocycles. The first kappa shape index (κ1) is 29.3. The molecule has 1 aromatic carbocycles. The number of aliphatic carboxylic acids is 1. The minimum Gasteiger partial charge on any atom is -0.477 e. The van der Waals surface area contributed by atoms with E-state index in [0.717, 1.165) is 4.90 Å². The van der Waals surface area contributed by atoms with Gasteiger partial charge in [-0.1, -0.05) is 6.92 Å². The summed E-state index contributed by atoms with van der Waals surface area (Å²) < 4.78 is 5.48. The number of aliphatic hydroxyl groups excluding tert-OH is 1. The van der Waals surface area contributed by atoms with Crippen molar-refractivity contribution >= 4 is 47.4 Å². The number of carboxylic acids is 1. The molecule has 5 rings (SSSR count). The van der Waals surface area contributed by atoms with Crippen molar-refractivity contribution in [1.29, 1.82) is 0 Å². The van der Waals surface area contributed by atoms with E-state index in [0.29, 0.717) is 16.9 Å². The zero-order chi connectivity index (χ0) is 30.5. The highest BCUT2D eigenvalue weighted by Crippen LogP contribution is 2.52. The lowest BCUT2D eigenvalue weighted by atomic mass is 9.79. The van der Waals surface area contributed by atoms with Gasteiger partial charge < -0.3 is 30.1 Å². The average molecular weight is 604 g/mol. The van der Waals surface area contributed by atoms with E-state index in [9.17, 15) is 44.3 Å². The molecule has 16 heteroatoms. The minimum atomic E-state index is -1.27. The SMILES string of the molecule is C[C@@H](O)[C@H]1C(=O)N2C(C(=O)O)=C(S[C@H]3C[C@@H](CN4C(=O)CNC4=O)N(C(=O)OCc4ccc([N+](=O)[O-])cc4)C3)[C@H](C)[C@H]12. The summed E-state index contributed by atoms with van der Waals surface area (Å²) in [5.41, 5.74) is 0.271. The van der Waals surface area contributed by atoms with Crippen molar-refractivity contribution in [3.63, 3.8) is 0 Å². The Morgan fingerprint density at radius 3 is 2.50 bits per heavy atom. The van der Waals surface area contributed by atoms with Crippen LogP contribution in [0, 0.1) is 22.0 Å². The fourth-order valence-corrected chi connectivity index (χ4v) is 7.57. The van der Waals surface area contributed by atoms with Crippen LogP contribution in [0.5, 0.6) is 0 Å². The fraction of sp³-hybridized carbons (Fsp3) is 0.500. The number of amides is 5. The molecule has 0 saturated carbocycles. The maximum atomic E-state index is 13.2. The molecule has 0 radical (unpaired) electrons. The highest BCUT2D eigenvalue weighted by atomic mass is 32.2. The van der Waals surface area contributed by atoms with Crippen molar-refractivity contribution in [2.75, 3.05) is 19.6 Å². The second kappa shape index (κ2) is 11.2. The number of β-lactam (4-membered cyclic amide) rings is 1. The summed E-state index contributed by atoms with van der Waals surface area (Å²) in [6, 6.07) is 3.81. The van der Waals surface area contributed by atoms with Gasteiger partial charge >= 0.3 is 18.1 Å². The van der Waals surface area contributed by atoms with E-state index in [-0.39, 0.29) is 48.8 Å². The molecule has 4 aliphatic heterocycles. The zero-order valence-electron chi connectivity index (χ0n) is 22.7. The van der Waals surface area contributed by atoms with Gasteiger partial charge in [0, 0.05) is 34.8 Å². The van der Waals surface area contributed by atoms with Gasteiger partial charge in [-0.3, -0.25) is 24.6 Å².